The summed E-state index contributed by atoms with van der Waals surface area (Å²) in [5.74, 6) is -1.21. The first-order valence-corrected chi connectivity index (χ1v) is 10.1. The number of esters is 1. The lowest BCUT2D eigenvalue weighted by Crippen LogP contribution is -2.43. The molecule has 0 aromatic heterocycles. The summed E-state index contributed by atoms with van der Waals surface area (Å²) < 4.78 is 5.95. The number of hydrogen-bond acceptors (Lipinski definition) is 3. The van der Waals surface area contributed by atoms with Crippen molar-refractivity contribution in [3.05, 3.63) is 12.2 Å². The maximum Gasteiger partial charge on any atom is 0.307 e. The minimum absolute atomic E-state index is 0.132. The molecule has 1 atom stereocenters. The quantitative estimate of drug-likeness (QED) is 0.187. The van der Waals surface area contributed by atoms with Crippen molar-refractivity contribution in [3.8, 4) is 0 Å². The minimum atomic E-state index is -0.931. The van der Waals surface area contributed by atoms with Crippen molar-refractivity contribution in [2.75, 3.05) is 27.7 Å². The molecule has 0 aliphatic rings. The van der Waals surface area contributed by atoms with Crippen molar-refractivity contribution in [1.82, 2.24) is 0 Å². The Morgan fingerprint density at radius 2 is 1.54 bits per heavy atom. The summed E-state index contributed by atoms with van der Waals surface area (Å²) in [6.45, 7) is 2.71. The highest BCUT2D eigenvalue weighted by molar-refractivity contribution is 5.71. The SMILES string of the molecule is CCCCC=CCCCCCCCC(=O)OC(CC(=O)O)C[N+](C)(C)C. The summed E-state index contributed by atoms with van der Waals surface area (Å²) in [4.78, 5) is 22.9. The number of rotatable bonds is 16. The van der Waals surface area contributed by atoms with E-state index in [1.165, 1.54) is 32.1 Å². The average Bonchev–Trinajstić information content (AvgIpc) is 2.50. The van der Waals surface area contributed by atoms with Crippen LogP contribution in [0.15, 0.2) is 12.2 Å². The first-order valence-electron chi connectivity index (χ1n) is 10.1. The van der Waals surface area contributed by atoms with Crippen LogP contribution in [0.1, 0.15) is 77.6 Å². The number of unbranched alkanes of at least 4 members (excludes halogenated alkanes) is 7. The molecule has 1 unspecified atom stereocenters. The zero-order valence-electron chi connectivity index (χ0n) is 17.3. The van der Waals surface area contributed by atoms with Gasteiger partial charge in [-0.3, -0.25) is 9.59 Å². The fourth-order valence-corrected chi connectivity index (χ4v) is 2.81. The van der Waals surface area contributed by atoms with Crippen molar-refractivity contribution in [1.29, 1.82) is 0 Å². The molecule has 0 radical (unpaired) electrons. The van der Waals surface area contributed by atoms with Crippen LogP contribution >= 0.6 is 0 Å². The zero-order chi connectivity index (χ0) is 19.8. The Bertz CT molecular complexity index is 413. The molecule has 0 heterocycles. The molecule has 0 saturated heterocycles. The van der Waals surface area contributed by atoms with Crippen molar-refractivity contribution >= 4 is 11.9 Å². The van der Waals surface area contributed by atoms with Gasteiger partial charge in [0.15, 0.2) is 6.10 Å². The molecule has 0 aliphatic carbocycles. The third-order valence-electron chi connectivity index (χ3n) is 4.09. The molecule has 0 bridgehead atoms. The molecule has 0 amide bonds. The topological polar surface area (TPSA) is 63.6 Å². The van der Waals surface area contributed by atoms with Crippen molar-refractivity contribution < 1.29 is 23.9 Å². The molecule has 0 aliphatic heterocycles. The Hall–Kier alpha value is -1.36. The normalized spacial score (nSPS) is 13.1. The molecule has 5 nitrogen and oxygen atoms in total. The fraction of sp³-hybridized carbons (Fsp3) is 0.810. The highest BCUT2D eigenvalue weighted by Gasteiger charge is 2.24. The number of likely N-dealkylation sites (N-methyl/N-ethyl adjacent to an activating group) is 1. The Kier molecular flexibility index (Phi) is 14.0. The molecular weight excluding hydrogens is 330 g/mol. The van der Waals surface area contributed by atoms with E-state index < -0.39 is 12.1 Å². The minimum Gasteiger partial charge on any atom is -0.481 e. The molecule has 1 N–H and O–H groups in total. The van der Waals surface area contributed by atoms with E-state index in [0.29, 0.717) is 17.4 Å². The fourth-order valence-electron chi connectivity index (χ4n) is 2.81. The third kappa shape index (κ3) is 17.5. The van der Waals surface area contributed by atoms with E-state index in [1.54, 1.807) is 0 Å². The molecule has 26 heavy (non-hydrogen) atoms. The van der Waals surface area contributed by atoms with Crippen LogP contribution in [0, 0.1) is 0 Å². The van der Waals surface area contributed by atoms with E-state index in [0.717, 1.165) is 25.7 Å². The van der Waals surface area contributed by atoms with E-state index in [4.69, 9.17) is 9.84 Å². The highest BCUT2D eigenvalue weighted by Crippen LogP contribution is 2.11. The number of ether oxygens (including phenoxy) is 1. The second-order valence-corrected chi connectivity index (χ2v) is 8.10. The number of carbonyl (C=O) groups excluding carboxylic acids is 1. The van der Waals surface area contributed by atoms with Gasteiger partial charge >= 0.3 is 11.9 Å². The Balaban J connectivity index is 3.79. The lowest BCUT2D eigenvalue weighted by molar-refractivity contribution is -0.873. The summed E-state index contributed by atoms with van der Waals surface area (Å²) in [7, 11) is 5.88. The second kappa shape index (κ2) is 14.8. The van der Waals surface area contributed by atoms with Crippen molar-refractivity contribution in [2.24, 2.45) is 0 Å². The summed E-state index contributed by atoms with van der Waals surface area (Å²) in [5, 5.41) is 8.97. The molecule has 152 valence electrons. The standard InChI is InChI=1S/C21H39NO4/c1-5-6-7-8-9-10-11-12-13-14-15-16-21(25)26-19(17-20(23)24)18-22(2,3)4/h8-9,19H,5-7,10-18H2,1-4H3/p+1. The molecule has 0 saturated carbocycles. The third-order valence-corrected chi connectivity index (χ3v) is 4.09. The van der Waals surface area contributed by atoms with Gasteiger partial charge in [-0.15, -0.1) is 0 Å². The molecule has 5 heteroatoms. The number of carboxylic acid groups (broad SMARTS) is 1. The van der Waals surface area contributed by atoms with E-state index >= 15 is 0 Å². The van der Waals surface area contributed by atoms with E-state index in [9.17, 15) is 9.59 Å². The largest absolute Gasteiger partial charge is 0.481 e. The van der Waals surface area contributed by atoms with E-state index in [2.05, 4.69) is 19.1 Å². The van der Waals surface area contributed by atoms with E-state index in [-0.39, 0.29) is 12.4 Å². The van der Waals surface area contributed by atoms with Crippen LogP contribution in [-0.4, -0.2) is 55.3 Å². The van der Waals surface area contributed by atoms with Crippen LogP contribution in [0.2, 0.25) is 0 Å². The number of nitrogens with zero attached hydrogens (tertiary/aromatic N) is 1. The lowest BCUT2D eigenvalue weighted by Gasteiger charge is -2.28. The van der Waals surface area contributed by atoms with Gasteiger partial charge in [-0.2, -0.15) is 0 Å². The monoisotopic (exact) mass is 370 g/mol. The molecular formula is C21H40NO4+. The number of hydrogen-bond donors (Lipinski definition) is 1. The molecule has 0 aromatic rings. The van der Waals surface area contributed by atoms with Crippen LogP contribution in [0.4, 0.5) is 0 Å². The molecule has 0 fully saturated rings. The van der Waals surface area contributed by atoms with Gasteiger partial charge in [0.25, 0.3) is 0 Å². The highest BCUT2D eigenvalue weighted by atomic mass is 16.5. The number of carbonyl (C=O) groups is 2. The number of quaternary nitrogens is 1. The van der Waals surface area contributed by atoms with Gasteiger partial charge in [-0.05, 0) is 25.7 Å². The smallest absolute Gasteiger partial charge is 0.307 e. The number of carboxylic acids is 1. The first-order chi connectivity index (χ1) is 12.2. The van der Waals surface area contributed by atoms with Crippen LogP contribution in [0.3, 0.4) is 0 Å². The van der Waals surface area contributed by atoms with Crippen LogP contribution in [-0.2, 0) is 14.3 Å². The van der Waals surface area contributed by atoms with Gasteiger partial charge in [0.1, 0.15) is 6.54 Å². The predicted octanol–water partition coefficient (Wildman–Crippen LogP) is 4.56. The van der Waals surface area contributed by atoms with Gasteiger partial charge in [0.05, 0.1) is 27.6 Å². The zero-order valence-corrected chi connectivity index (χ0v) is 17.3. The first kappa shape index (κ1) is 24.6. The lowest BCUT2D eigenvalue weighted by atomic mass is 10.1. The molecule has 0 rings (SSSR count). The van der Waals surface area contributed by atoms with Gasteiger partial charge in [-0.1, -0.05) is 51.2 Å². The van der Waals surface area contributed by atoms with Gasteiger partial charge in [-0.25, -0.2) is 0 Å². The predicted molar refractivity (Wildman–Crippen MR) is 106 cm³/mol. The summed E-state index contributed by atoms with van der Waals surface area (Å²) in [5.41, 5.74) is 0. The van der Waals surface area contributed by atoms with Gasteiger partial charge in [0, 0.05) is 6.42 Å². The van der Waals surface area contributed by atoms with Crippen LogP contribution in [0.25, 0.3) is 0 Å². The van der Waals surface area contributed by atoms with E-state index in [1.807, 2.05) is 21.1 Å². The Morgan fingerprint density at radius 3 is 2.12 bits per heavy atom. The number of aliphatic carboxylic acids is 1. The molecule has 0 spiro atoms. The second-order valence-electron chi connectivity index (χ2n) is 8.10. The van der Waals surface area contributed by atoms with Gasteiger partial charge in [0.2, 0.25) is 0 Å². The summed E-state index contributed by atoms with van der Waals surface area (Å²) in [6, 6.07) is 0. The maximum atomic E-state index is 11.9. The molecule has 0 aromatic carbocycles. The van der Waals surface area contributed by atoms with Crippen molar-refractivity contribution in [2.45, 2.75) is 83.7 Å². The average molecular weight is 371 g/mol. The van der Waals surface area contributed by atoms with Crippen molar-refractivity contribution in [3.63, 3.8) is 0 Å². The summed E-state index contributed by atoms with van der Waals surface area (Å²) >= 11 is 0. The van der Waals surface area contributed by atoms with Crippen LogP contribution < -0.4 is 0 Å². The van der Waals surface area contributed by atoms with Gasteiger partial charge < -0.3 is 14.3 Å². The Morgan fingerprint density at radius 1 is 0.962 bits per heavy atom. The maximum absolute atomic E-state index is 11.9. The number of allylic oxidation sites excluding steroid dienone is 2. The summed E-state index contributed by atoms with van der Waals surface area (Å²) in [6.07, 6.45) is 14.5. The van der Waals surface area contributed by atoms with Crippen LogP contribution in [0.5, 0.6) is 0 Å². The Labute approximate surface area is 160 Å².